The molecule has 2 aliphatic rings. The number of carbonyl (C=O) groups is 1. The van der Waals surface area contributed by atoms with Gasteiger partial charge >= 0.3 is 0 Å². The average Bonchev–Trinajstić information content (AvgIpc) is 3.41. The van der Waals surface area contributed by atoms with Crippen LogP contribution in [0.15, 0.2) is 24.5 Å². The Kier molecular flexibility index (Phi) is 7.25. The van der Waals surface area contributed by atoms with Crippen LogP contribution in [0.5, 0.6) is 0 Å². The van der Waals surface area contributed by atoms with Crippen LogP contribution in [0.25, 0.3) is 5.65 Å². The van der Waals surface area contributed by atoms with E-state index in [4.69, 9.17) is 21.1 Å². The van der Waals surface area contributed by atoms with Crippen molar-refractivity contribution < 1.29 is 14.3 Å². The van der Waals surface area contributed by atoms with Gasteiger partial charge in [-0.25, -0.2) is 4.98 Å². The zero-order valence-corrected chi connectivity index (χ0v) is 18.4. The maximum atomic E-state index is 13.4. The largest absolute Gasteiger partial charge is 0.383 e. The standard InChI is InChI=1S/C22H31ClN4O3/c1-29-12-10-25-8-6-17(7-9-25)13-27(15-19-3-2-11-30-19)22(28)20-16-26-14-18(23)4-5-21(26)24-20/h4-5,14,16-17,19H,2-3,6-13,15H2,1H3. The van der Waals surface area contributed by atoms with E-state index in [2.05, 4.69) is 9.88 Å². The molecule has 7 nitrogen and oxygen atoms in total. The number of methoxy groups -OCH3 is 1. The number of ether oxygens (including phenoxy) is 2. The number of pyridine rings is 1. The smallest absolute Gasteiger partial charge is 0.274 e. The lowest BCUT2D eigenvalue weighted by atomic mass is 9.96. The van der Waals surface area contributed by atoms with Gasteiger partial charge in [0, 0.05) is 45.7 Å². The van der Waals surface area contributed by atoms with Gasteiger partial charge in [-0.1, -0.05) is 11.6 Å². The molecule has 4 heterocycles. The Morgan fingerprint density at radius 3 is 2.83 bits per heavy atom. The zero-order chi connectivity index (χ0) is 20.9. The molecular formula is C22H31ClN4O3. The van der Waals surface area contributed by atoms with Crippen molar-refractivity contribution >= 4 is 23.2 Å². The summed E-state index contributed by atoms with van der Waals surface area (Å²) in [5.74, 6) is 0.479. The van der Waals surface area contributed by atoms with E-state index in [1.165, 1.54) is 0 Å². The fourth-order valence-electron chi connectivity index (χ4n) is 4.43. The molecule has 164 valence electrons. The lowest BCUT2D eigenvalue weighted by molar-refractivity contribution is 0.0433. The molecule has 2 aromatic heterocycles. The van der Waals surface area contributed by atoms with Crippen LogP contribution in [-0.2, 0) is 9.47 Å². The molecule has 30 heavy (non-hydrogen) atoms. The number of fused-ring (bicyclic) bond motifs is 1. The fraction of sp³-hybridized carbons (Fsp3) is 0.636. The quantitative estimate of drug-likeness (QED) is 0.639. The van der Waals surface area contributed by atoms with E-state index in [0.29, 0.717) is 23.2 Å². The van der Waals surface area contributed by atoms with Crippen molar-refractivity contribution in [1.82, 2.24) is 19.2 Å². The van der Waals surface area contributed by atoms with E-state index in [9.17, 15) is 4.79 Å². The molecule has 8 heteroatoms. The maximum absolute atomic E-state index is 13.4. The van der Waals surface area contributed by atoms with E-state index in [1.807, 2.05) is 15.4 Å². The van der Waals surface area contributed by atoms with E-state index >= 15 is 0 Å². The van der Waals surface area contributed by atoms with Crippen LogP contribution in [0, 0.1) is 5.92 Å². The molecule has 2 saturated heterocycles. The molecule has 1 atom stereocenters. The molecule has 0 N–H and O–H groups in total. The summed E-state index contributed by atoms with van der Waals surface area (Å²) in [5.41, 5.74) is 1.19. The topological polar surface area (TPSA) is 59.3 Å². The lowest BCUT2D eigenvalue weighted by Gasteiger charge is -2.35. The predicted molar refractivity (Wildman–Crippen MR) is 116 cm³/mol. The summed E-state index contributed by atoms with van der Waals surface area (Å²) in [4.78, 5) is 22.3. The van der Waals surface area contributed by atoms with E-state index < -0.39 is 0 Å². The minimum Gasteiger partial charge on any atom is -0.383 e. The number of piperidine rings is 1. The summed E-state index contributed by atoms with van der Waals surface area (Å²) >= 11 is 6.08. The number of rotatable bonds is 8. The Morgan fingerprint density at radius 2 is 2.10 bits per heavy atom. The number of carbonyl (C=O) groups excluding carboxylic acids is 1. The Balaban J connectivity index is 1.44. The summed E-state index contributed by atoms with van der Waals surface area (Å²) in [6, 6.07) is 3.62. The molecule has 1 amide bonds. The number of amides is 1. The summed E-state index contributed by atoms with van der Waals surface area (Å²) in [6.07, 6.45) is 7.96. The summed E-state index contributed by atoms with van der Waals surface area (Å²) < 4.78 is 12.8. The van der Waals surface area contributed by atoms with Crippen LogP contribution in [0.2, 0.25) is 5.02 Å². The first kappa shape index (κ1) is 21.6. The Morgan fingerprint density at radius 1 is 1.27 bits per heavy atom. The van der Waals surface area contributed by atoms with Gasteiger partial charge in [0.15, 0.2) is 0 Å². The SMILES string of the molecule is COCCN1CCC(CN(CC2CCCO2)C(=O)c2cn3cc(Cl)ccc3n2)CC1. The number of hydrogen-bond donors (Lipinski definition) is 0. The molecule has 2 aromatic rings. The van der Waals surface area contributed by atoms with Crippen molar-refractivity contribution in [3.05, 3.63) is 35.2 Å². The number of imidazole rings is 1. The number of halogens is 1. The first-order valence-electron chi connectivity index (χ1n) is 10.9. The van der Waals surface area contributed by atoms with Crippen molar-refractivity contribution in [3.63, 3.8) is 0 Å². The molecule has 0 saturated carbocycles. The average molecular weight is 435 g/mol. The highest BCUT2D eigenvalue weighted by atomic mass is 35.5. The third kappa shape index (κ3) is 5.32. The van der Waals surface area contributed by atoms with Gasteiger partial charge in [-0.15, -0.1) is 0 Å². The van der Waals surface area contributed by atoms with Crippen LogP contribution >= 0.6 is 11.6 Å². The van der Waals surface area contributed by atoms with Gasteiger partial charge in [0.05, 0.1) is 17.7 Å². The molecule has 4 rings (SSSR count). The highest BCUT2D eigenvalue weighted by Gasteiger charge is 2.28. The van der Waals surface area contributed by atoms with Gasteiger partial charge in [-0.3, -0.25) is 4.79 Å². The van der Waals surface area contributed by atoms with Crippen molar-refractivity contribution in [2.75, 3.05) is 53.0 Å². The molecule has 0 bridgehead atoms. The summed E-state index contributed by atoms with van der Waals surface area (Å²) in [7, 11) is 1.74. The lowest BCUT2D eigenvalue weighted by Crippen LogP contribution is -2.44. The van der Waals surface area contributed by atoms with E-state index in [1.54, 1.807) is 25.6 Å². The van der Waals surface area contributed by atoms with E-state index in [-0.39, 0.29) is 12.0 Å². The minimum atomic E-state index is -0.0212. The zero-order valence-electron chi connectivity index (χ0n) is 17.6. The molecular weight excluding hydrogens is 404 g/mol. The first-order chi connectivity index (χ1) is 14.6. The van der Waals surface area contributed by atoms with Gasteiger partial charge in [0.2, 0.25) is 0 Å². The third-order valence-electron chi connectivity index (χ3n) is 6.17. The molecule has 0 aromatic carbocycles. The van der Waals surface area contributed by atoms with Crippen LogP contribution in [0.4, 0.5) is 0 Å². The van der Waals surface area contributed by atoms with Gasteiger partial charge < -0.3 is 23.7 Å². The van der Waals surface area contributed by atoms with Crippen LogP contribution < -0.4 is 0 Å². The molecule has 2 fully saturated rings. The third-order valence-corrected chi connectivity index (χ3v) is 6.39. The van der Waals surface area contributed by atoms with Crippen molar-refractivity contribution in [3.8, 4) is 0 Å². The van der Waals surface area contributed by atoms with Crippen molar-refractivity contribution in [2.45, 2.75) is 31.8 Å². The summed E-state index contributed by atoms with van der Waals surface area (Å²) in [5, 5.41) is 0.621. The van der Waals surface area contributed by atoms with Crippen molar-refractivity contribution in [1.29, 1.82) is 0 Å². The second kappa shape index (κ2) is 10.1. The van der Waals surface area contributed by atoms with Crippen LogP contribution in [0.1, 0.15) is 36.2 Å². The summed E-state index contributed by atoms with van der Waals surface area (Å²) in [6.45, 7) is 6.05. The van der Waals surface area contributed by atoms with Crippen LogP contribution in [-0.4, -0.2) is 84.2 Å². The highest BCUT2D eigenvalue weighted by molar-refractivity contribution is 6.30. The molecule has 0 aliphatic carbocycles. The molecule has 1 unspecified atom stereocenters. The maximum Gasteiger partial charge on any atom is 0.274 e. The first-order valence-corrected chi connectivity index (χ1v) is 11.3. The number of likely N-dealkylation sites (tertiary alicyclic amines) is 1. The molecule has 2 aliphatic heterocycles. The van der Waals surface area contributed by atoms with Crippen LogP contribution in [0.3, 0.4) is 0 Å². The Labute approximate surface area is 182 Å². The van der Waals surface area contributed by atoms with E-state index in [0.717, 1.165) is 70.7 Å². The monoisotopic (exact) mass is 434 g/mol. The second-order valence-electron chi connectivity index (χ2n) is 8.36. The number of nitrogens with zero attached hydrogens (tertiary/aromatic N) is 4. The Hall–Kier alpha value is -1.67. The van der Waals surface area contributed by atoms with Gasteiger partial charge in [-0.05, 0) is 56.8 Å². The van der Waals surface area contributed by atoms with Crippen molar-refractivity contribution in [2.24, 2.45) is 5.92 Å². The van der Waals surface area contributed by atoms with Gasteiger partial charge in [0.25, 0.3) is 5.91 Å². The Bertz CT molecular complexity index is 844. The fourth-order valence-corrected chi connectivity index (χ4v) is 4.60. The van der Waals surface area contributed by atoms with Gasteiger partial charge in [-0.2, -0.15) is 0 Å². The molecule has 0 spiro atoms. The number of hydrogen-bond acceptors (Lipinski definition) is 5. The minimum absolute atomic E-state index is 0.0212. The number of aromatic nitrogens is 2. The highest BCUT2D eigenvalue weighted by Crippen LogP contribution is 2.22. The predicted octanol–water partition coefficient (Wildman–Crippen LogP) is 2.97. The second-order valence-corrected chi connectivity index (χ2v) is 8.80. The van der Waals surface area contributed by atoms with Gasteiger partial charge in [0.1, 0.15) is 11.3 Å². The molecule has 0 radical (unpaired) electrons. The normalized spacial score (nSPS) is 20.8.